The molecular weight excluding hydrogens is 358 g/mol. The van der Waals surface area contributed by atoms with Crippen molar-refractivity contribution in [3.05, 3.63) is 28.3 Å². The van der Waals surface area contributed by atoms with E-state index < -0.39 is 4.92 Å². The summed E-state index contributed by atoms with van der Waals surface area (Å²) in [5.41, 5.74) is 0.627. The molecule has 7 heteroatoms. The first-order valence-electron chi connectivity index (χ1n) is 10.5. The van der Waals surface area contributed by atoms with Gasteiger partial charge in [-0.1, -0.05) is 0 Å². The van der Waals surface area contributed by atoms with Crippen LogP contribution in [0.4, 0.5) is 11.4 Å². The monoisotopic (exact) mass is 387 g/mol. The van der Waals surface area contributed by atoms with E-state index in [1.54, 1.807) is 12.1 Å². The molecule has 152 valence electrons. The summed E-state index contributed by atoms with van der Waals surface area (Å²) in [6.07, 6.45) is 5.60. The van der Waals surface area contributed by atoms with Crippen molar-refractivity contribution in [3.8, 4) is 5.75 Å². The maximum atomic E-state index is 11.1. The number of nitrogens with zero attached hydrogens (tertiary/aromatic N) is 3. The Morgan fingerprint density at radius 3 is 2.39 bits per heavy atom. The summed E-state index contributed by atoms with van der Waals surface area (Å²) < 4.78 is 5.23. The van der Waals surface area contributed by atoms with Crippen LogP contribution in [-0.2, 0) is 0 Å². The lowest BCUT2D eigenvalue weighted by molar-refractivity contribution is -0.385. The number of rotatable bonds is 4. The zero-order chi connectivity index (χ0) is 19.5. The molecule has 5 atom stereocenters. The maximum Gasteiger partial charge on any atom is 0.311 e. The van der Waals surface area contributed by atoms with Gasteiger partial charge in [0.05, 0.1) is 17.6 Å². The van der Waals surface area contributed by atoms with Crippen LogP contribution in [0.5, 0.6) is 5.75 Å². The molecule has 0 radical (unpaired) electrons. The summed E-state index contributed by atoms with van der Waals surface area (Å²) in [5, 5.41) is 22.0. The first kappa shape index (κ1) is 18.2. The fourth-order valence-corrected chi connectivity index (χ4v) is 6.84. The van der Waals surface area contributed by atoms with E-state index in [0.29, 0.717) is 23.6 Å². The quantitative estimate of drug-likeness (QED) is 0.632. The SMILES string of the molecule is COc1cc(N2CCN(C3C4CC5C[C@H]3CC(O)(C5)C4)CC2)ccc1[N+](=O)[O-]. The molecular formula is C21H29N3O4. The standard InChI is InChI=1S/C21H29N3O4/c1-28-19-10-17(2-3-18(19)24(26)27)22-4-6-23(7-5-22)20-15-8-14-9-16(20)13-21(25,11-14)12-15/h2-3,10,14-16,20,25H,4-9,11-13H2,1H3/t14?,15-,16?,20?,21?/m0/s1. The van der Waals surface area contributed by atoms with E-state index in [1.165, 1.54) is 20.0 Å². The molecule has 0 aromatic heterocycles. The molecule has 5 aliphatic rings. The van der Waals surface area contributed by atoms with Crippen LogP contribution in [0.1, 0.15) is 32.1 Å². The number of aliphatic hydroxyl groups is 1. The minimum atomic E-state index is -0.402. The van der Waals surface area contributed by atoms with Crippen molar-refractivity contribution in [3.63, 3.8) is 0 Å². The number of methoxy groups -OCH3 is 1. The Morgan fingerprint density at radius 1 is 1.14 bits per heavy atom. The Balaban J connectivity index is 1.27. The Bertz CT molecular complexity index is 761. The summed E-state index contributed by atoms with van der Waals surface area (Å²) in [6.45, 7) is 3.87. The molecule has 4 bridgehead atoms. The highest BCUT2D eigenvalue weighted by Crippen LogP contribution is 2.57. The van der Waals surface area contributed by atoms with E-state index in [0.717, 1.165) is 57.0 Å². The van der Waals surface area contributed by atoms with Crippen LogP contribution in [0.25, 0.3) is 0 Å². The smallest absolute Gasteiger partial charge is 0.311 e. The van der Waals surface area contributed by atoms with Gasteiger partial charge in [-0.15, -0.1) is 0 Å². The summed E-state index contributed by atoms with van der Waals surface area (Å²) in [5.74, 6) is 2.37. The molecule has 1 saturated heterocycles. The number of piperazine rings is 1. The van der Waals surface area contributed by atoms with Crippen molar-refractivity contribution in [2.24, 2.45) is 17.8 Å². The molecule has 1 aromatic carbocycles. The topological polar surface area (TPSA) is 79.1 Å². The first-order chi connectivity index (χ1) is 13.5. The van der Waals surface area contributed by atoms with Gasteiger partial charge in [-0.2, -0.15) is 0 Å². The first-order valence-corrected chi connectivity index (χ1v) is 10.5. The lowest BCUT2D eigenvalue weighted by atomic mass is 9.52. The molecule has 28 heavy (non-hydrogen) atoms. The summed E-state index contributed by atoms with van der Waals surface area (Å²) >= 11 is 0. The molecule has 4 aliphatic carbocycles. The number of hydrogen-bond donors (Lipinski definition) is 1. The molecule has 6 rings (SSSR count). The Labute approximate surface area is 165 Å². The second kappa shape index (κ2) is 6.59. The van der Waals surface area contributed by atoms with Gasteiger partial charge < -0.3 is 14.7 Å². The molecule has 0 spiro atoms. The average Bonchev–Trinajstić information content (AvgIpc) is 2.66. The van der Waals surface area contributed by atoms with Gasteiger partial charge in [-0.3, -0.25) is 15.0 Å². The molecule has 5 fully saturated rings. The third-order valence-corrected chi connectivity index (χ3v) is 7.65. The van der Waals surface area contributed by atoms with Crippen LogP contribution < -0.4 is 9.64 Å². The number of anilines is 1. The van der Waals surface area contributed by atoms with Crippen LogP contribution in [0.15, 0.2) is 18.2 Å². The van der Waals surface area contributed by atoms with Crippen LogP contribution in [0.3, 0.4) is 0 Å². The van der Waals surface area contributed by atoms with Gasteiger partial charge in [0.25, 0.3) is 0 Å². The number of nitro benzene ring substituents is 1. The highest BCUT2D eigenvalue weighted by molar-refractivity contribution is 5.59. The lowest BCUT2D eigenvalue weighted by Crippen LogP contribution is -2.64. The molecule has 1 aromatic rings. The number of ether oxygens (including phenoxy) is 1. The second-order valence-electron chi connectivity index (χ2n) is 9.32. The predicted octanol–water partition coefficient (Wildman–Crippen LogP) is 2.67. The average molecular weight is 387 g/mol. The maximum absolute atomic E-state index is 11.1. The van der Waals surface area contributed by atoms with Gasteiger partial charge >= 0.3 is 5.69 Å². The zero-order valence-electron chi connectivity index (χ0n) is 16.4. The van der Waals surface area contributed by atoms with Gasteiger partial charge in [0.15, 0.2) is 5.75 Å². The molecule has 4 unspecified atom stereocenters. The van der Waals surface area contributed by atoms with Crippen molar-refractivity contribution < 1.29 is 14.8 Å². The Hall–Kier alpha value is -1.86. The van der Waals surface area contributed by atoms with E-state index in [9.17, 15) is 15.2 Å². The van der Waals surface area contributed by atoms with Gasteiger partial charge in [0.1, 0.15) is 0 Å². The highest BCUT2D eigenvalue weighted by Gasteiger charge is 2.56. The molecule has 7 nitrogen and oxygen atoms in total. The summed E-state index contributed by atoms with van der Waals surface area (Å²) in [4.78, 5) is 15.7. The molecule has 0 amide bonds. The lowest BCUT2D eigenvalue weighted by Gasteiger charge is -2.61. The fraction of sp³-hybridized carbons (Fsp3) is 0.714. The van der Waals surface area contributed by atoms with Crippen molar-refractivity contribution in [2.75, 3.05) is 38.2 Å². The van der Waals surface area contributed by atoms with Gasteiger partial charge in [0.2, 0.25) is 0 Å². The molecule has 1 aliphatic heterocycles. The summed E-state index contributed by atoms with van der Waals surface area (Å²) in [6, 6.07) is 5.78. The third kappa shape index (κ3) is 2.95. The van der Waals surface area contributed by atoms with Crippen molar-refractivity contribution in [2.45, 2.75) is 43.7 Å². The number of nitro groups is 1. The minimum absolute atomic E-state index is 0.0106. The predicted molar refractivity (Wildman–Crippen MR) is 106 cm³/mol. The molecule has 1 N–H and O–H groups in total. The molecule has 4 saturated carbocycles. The van der Waals surface area contributed by atoms with Crippen molar-refractivity contribution in [1.82, 2.24) is 4.90 Å². The van der Waals surface area contributed by atoms with Gasteiger partial charge in [0, 0.05) is 50.0 Å². The van der Waals surface area contributed by atoms with E-state index in [-0.39, 0.29) is 11.3 Å². The minimum Gasteiger partial charge on any atom is -0.490 e. The van der Waals surface area contributed by atoms with E-state index in [2.05, 4.69) is 9.80 Å². The largest absolute Gasteiger partial charge is 0.490 e. The zero-order valence-corrected chi connectivity index (χ0v) is 16.4. The van der Waals surface area contributed by atoms with Crippen molar-refractivity contribution >= 4 is 11.4 Å². The van der Waals surface area contributed by atoms with Crippen LogP contribution in [-0.4, -0.2) is 59.9 Å². The van der Waals surface area contributed by atoms with Gasteiger partial charge in [-0.05, 0) is 55.9 Å². The normalized spacial score (nSPS) is 37.3. The van der Waals surface area contributed by atoms with Crippen LogP contribution in [0.2, 0.25) is 0 Å². The number of hydrogen-bond acceptors (Lipinski definition) is 6. The van der Waals surface area contributed by atoms with Crippen LogP contribution >= 0.6 is 0 Å². The fourth-order valence-electron chi connectivity index (χ4n) is 6.84. The Morgan fingerprint density at radius 2 is 1.82 bits per heavy atom. The number of benzene rings is 1. The van der Waals surface area contributed by atoms with E-state index in [1.807, 2.05) is 6.07 Å². The molecule has 1 heterocycles. The van der Waals surface area contributed by atoms with E-state index >= 15 is 0 Å². The third-order valence-electron chi connectivity index (χ3n) is 7.65. The van der Waals surface area contributed by atoms with Crippen molar-refractivity contribution in [1.29, 1.82) is 0 Å². The Kier molecular flexibility index (Phi) is 4.28. The van der Waals surface area contributed by atoms with E-state index in [4.69, 9.17) is 4.74 Å². The summed E-state index contributed by atoms with van der Waals surface area (Å²) in [7, 11) is 1.48. The van der Waals surface area contributed by atoms with Gasteiger partial charge in [-0.25, -0.2) is 0 Å². The highest BCUT2D eigenvalue weighted by atomic mass is 16.6. The second-order valence-corrected chi connectivity index (χ2v) is 9.32. The van der Waals surface area contributed by atoms with Crippen LogP contribution in [0, 0.1) is 27.9 Å².